The summed E-state index contributed by atoms with van der Waals surface area (Å²) in [6.45, 7) is 0. The second-order valence-corrected chi connectivity index (χ2v) is 3.67. The predicted octanol–water partition coefficient (Wildman–Crippen LogP) is 1.49. The summed E-state index contributed by atoms with van der Waals surface area (Å²) in [4.78, 5) is 21.6. The number of aliphatic hydroxyl groups excluding tert-OH is 1. The average Bonchev–Trinajstić information content (AvgIpc) is 2.26. The number of ketones is 1. The lowest BCUT2D eigenvalue weighted by Crippen LogP contribution is -2.16. The minimum atomic E-state index is -1.12. The molecule has 1 aromatic carbocycles. The maximum absolute atomic E-state index is 11.4. The Morgan fingerprint density at radius 3 is 2.41 bits per heavy atom. The Morgan fingerprint density at radius 2 is 1.82 bits per heavy atom. The van der Waals surface area contributed by atoms with Gasteiger partial charge < -0.3 is 10.2 Å². The smallest absolute Gasteiger partial charge is 0.305 e. The summed E-state index contributed by atoms with van der Waals surface area (Å²) in [5.41, 5.74) is 0.883. The number of hydrogen-bond acceptors (Lipinski definition) is 3. The number of aliphatic carboxylic acids is 1. The van der Waals surface area contributed by atoms with Gasteiger partial charge in [0.25, 0.3) is 0 Å². The molecule has 17 heavy (non-hydrogen) atoms. The lowest BCUT2D eigenvalue weighted by atomic mass is 10.1. The third-order valence-corrected chi connectivity index (χ3v) is 2.11. The van der Waals surface area contributed by atoms with E-state index < -0.39 is 18.5 Å². The maximum Gasteiger partial charge on any atom is 0.305 e. The van der Waals surface area contributed by atoms with Gasteiger partial charge in [0.2, 0.25) is 0 Å². The van der Waals surface area contributed by atoms with Gasteiger partial charge in [0.15, 0.2) is 5.78 Å². The van der Waals surface area contributed by atoms with Gasteiger partial charge in [0, 0.05) is 6.42 Å². The van der Waals surface area contributed by atoms with Crippen LogP contribution in [0.25, 0.3) is 6.08 Å². The van der Waals surface area contributed by atoms with E-state index in [-0.39, 0.29) is 12.2 Å². The summed E-state index contributed by atoms with van der Waals surface area (Å²) >= 11 is 0. The molecule has 1 rings (SSSR count). The average molecular weight is 234 g/mol. The number of carbonyl (C=O) groups is 2. The molecular formula is C13H14O4. The van der Waals surface area contributed by atoms with Crippen molar-refractivity contribution in [2.45, 2.75) is 18.9 Å². The molecular weight excluding hydrogens is 220 g/mol. The molecule has 0 amide bonds. The van der Waals surface area contributed by atoms with Crippen LogP contribution in [0.4, 0.5) is 0 Å². The van der Waals surface area contributed by atoms with Gasteiger partial charge in [-0.1, -0.05) is 36.4 Å². The molecule has 0 unspecified atom stereocenters. The summed E-state index contributed by atoms with van der Waals surface area (Å²) < 4.78 is 0. The van der Waals surface area contributed by atoms with Gasteiger partial charge in [-0.2, -0.15) is 0 Å². The highest BCUT2D eigenvalue weighted by Crippen LogP contribution is 2.04. The van der Waals surface area contributed by atoms with E-state index >= 15 is 0 Å². The fourth-order valence-electron chi connectivity index (χ4n) is 1.33. The van der Waals surface area contributed by atoms with E-state index in [1.165, 1.54) is 6.08 Å². The Morgan fingerprint density at radius 1 is 1.18 bits per heavy atom. The number of hydrogen-bond donors (Lipinski definition) is 2. The number of aliphatic hydroxyl groups is 1. The molecule has 0 aliphatic rings. The van der Waals surface area contributed by atoms with Crippen LogP contribution in [0, 0.1) is 0 Å². The number of carboxylic acid groups (broad SMARTS) is 1. The van der Waals surface area contributed by atoms with Crippen LogP contribution < -0.4 is 0 Å². The second kappa shape index (κ2) is 6.60. The van der Waals surface area contributed by atoms with E-state index in [0.29, 0.717) is 0 Å². The monoisotopic (exact) mass is 234 g/mol. The molecule has 4 nitrogen and oxygen atoms in total. The molecule has 4 heteroatoms. The molecule has 0 fully saturated rings. The molecule has 0 aliphatic heterocycles. The van der Waals surface area contributed by atoms with Gasteiger partial charge in [-0.05, 0) is 11.6 Å². The molecule has 1 atom stereocenters. The predicted molar refractivity (Wildman–Crippen MR) is 63.4 cm³/mol. The van der Waals surface area contributed by atoms with Crippen molar-refractivity contribution < 1.29 is 19.8 Å². The molecule has 0 aromatic heterocycles. The zero-order valence-corrected chi connectivity index (χ0v) is 9.24. The highest BCUT2D eigenvalue weighted by Gasteiger charge is 2.12. The van der Waals surface area contributed by atoms with Gasteiger partial charge in [-0.25, -0.2) is 0 Å². The summed E-state index contributed by atoms with van der Waals surface area (Å²) in [7, 11) is 0. The van der Waals surface area contributed by atoms with Crippen LogP contribution in [-0.4, -0.2) is 28.1 Å². The van der Waals surface area contributed by atoms with E-state index in [0.717, 1.165) is 5.56 Å². The number of carboxylic acids is 1. The Balaban J connectivity index is 2.44. The van der Waals surface area contributed by atoms with Gasteiger partial charge in [0.1, 0.15) is 0 Å². The van der Waals surface area contributed by atoms with Crippen LogP contribution in [-0.2, 0) is 9.59 Å². The Bertz CT molecular complexity index is 409. The van der Waals surface area contributed by atoms with Crippen molar-refractivity contribution >= 4 is 17.8 Å². The molecule has 2 N–H and O–H groups in total. The molecule has 0 saturated carbocycles. The fourth-order valence-corrected chi connectivity index (χ4v) is 1.33. The lowest BCUT2D eigenvalue weighted by molar-refractivity contribution is -0.139. The van der Waals surface area contributed by atoms with Crippen molar-refractivity contribution in [3.8, 4) is 0 Å². The molecule has 1 aromatic rings. The van der Waals surface area contributed by atoms with E-state index in [9.17, 15) is 14.7 Å². The summed E-state index contributed by atoms with van der Waals surface area (Å²) in [6, 6.07) is 9.26. The summed E-state index contributed by atoms with van der Waals surface area (Å²) in [5, 5.41) is 17.7. The number of allylic oxidation sites excluding steroid dienone is 1. The van der Waals surface area contributed by atoms with Gasteiger partial charge in [-0.15, -0.1) is 0 Å². The first-order valence-electron chi connectivity index (χ1n) is 5.24. The first-order chi connectivity index (χ1) is 8.08. The van der Waals surface area contributed by atoms with Crippen LogP contribution in [0.15, 0.2) is 36.4 Å². The van der Waals surface area contributed by atoms with Crippen LogP contribution in [0.3, 0.4) is 0 Å². The van der Waals surface area contributed by atoms with Crippen molar-refractivity contribution in [1.82, 2.24) is 0 Å². The molecule has 0 spiro atoms. The van der Waals surface area contributed by atoms with Crippen molar-refractivity contribution in [1.29, 1.82) is 0 Å². The van der Waals surface area contributed by atoms with Crippen LogP contribution in [0.2, 0.25) is 0 Å². The van der Waals surface area contributed by atoms with Crippen molar-refractivity contribution in [2.75, 3.05) is 0 Å². The normalized spacial score (nSPS) is 12.5. The van der Waals surface area contributed by atoms with E-state index in [1.807, 2.05) is 30.3 Å². The molecule has 0 bridgehead atoms. The molecule has 90 valence electrons. The number of rotatable bonds is 6. The standard InChI is InChI=1S/C13H14O4/c14-11(8-12(15)9-13(16)17)7-6-10-4-2-1-3-5-10/h1-7,12,15H,8-9H2,(H,16,17)/t12-/m1/s1. The summed E-state index contributed by atoms with van der Waals surface area (Å²) in [6.07, 6.45) is 1.27. The SMILES string of the molecule is O=C(O)C[C@H](O)CC(=O)C=Cc1ccccc1. The molecule has 0 saturated heterocycles. The third-order valence-electron chi connectivity index (χ3n) is 2.11. The number of benzene rings is 1. The van der Waals surface area contributed by atoms with E-state index in [2.05, 4.69) is 0 Å². The van der Waals surface area contributed by atoms with E-state index in [4.69, 9.17) is 5.11 Å². The first-order valence-corrected chi connectivity index (χ1v) is 5.24. The Hall–Kier alpha value is -1.94. The topological polar surface area (TPSA) is 74.6 Å². The Kier molecular flexibility index (Phi) is 5.10. The minimum absolute atomic E-state index is 0.171. The molecule has 0 aliphatic carbocycles. The Labute approximate surface area is 99.2 Å². The second-order valence-electron chi connectivity index (χ2n) is 3.67. The minimum Gasteiger partial charge on any atom is -0.481 e. The fraction of sp³-hybridized carbons (Fsp3) is 0.231. The largest absolute Gasteiger partial charge is 0.481 e. The highest BCUT2D eigenvalue weighted by molar-refractivity contribution is 5.94. The zero-order valence-electron chi connectivity index (χ0n) is 9.24. The van der Waals surface area contributed by atoms with Crippen molar-refractivity contribution in [3.63, 3.8) is 0 Å². The van der Waals surface area contributed by atoms with Crippen molar-refractivity contribution in [2.24, 2.45) is 0 Å². The van der Waals surface area contributed by atoms with Gasteiger partial charge >= 0.3 is 5.97 Å². The third kappa shape index (κ3) is 5.63. The molecule has 0 heterocycles. The van der Waals surface area contributed by atoms with Crippen LogP contribution >= 0.6 is 0 Å². The first kappa shape index (κ1) is 13.1. The lowest BCUT2D eigenvalue weighted by Gasteiger charge is -2.03. The van der Waals surface area contributed by atoms with Gasteiger partial charge in [0.05, 0.1) is 12.5 Å². The van der Waals surface area contributed by atoms with Crippen molar-refractivity contribution in [3.05, 3.63) is 42.0 Å². The maximum atomic E-state index is 11.4. The van der Waals surface area contributed by atoms with Crippen LogP contribution in [0.5, 0.6) is 0 Å². The number of carbonyl (C=O) groups excluding carboxylic acids is 1. The highest BCUT2D eigenvalue weighted by atomic mass is 16.4. The quantitative estimate of drug-likeness (QED) is 0.731. The summed E-state index contributed by atoms with van der Waals surface area (Å²) in [5.74, 6) is -1.40. The molecule has 0 radical (unpaired) electrons. The van der Waals surface area contributed by atoms with E-state index in [1.54, 1.807) is 6.08 Å². The van der Waals surface area contributed by atoms with Crippen LogP contribution in [0.1, 0.15) is 18.4 Å². The van der Waals surface area contributed by atoms with Gasteiger partial charge in [-0.3, -0.25) is 9.59 Å². The zero-order chi connectivity index (χ0) is 12.7.